The van der Waals surface area contributed by atoms with Gasteiger partial charge in [-0.3, -0.25) is 9.59 Å². The van der Waals surface area contributed by atoms with Crippen LogP contribution in [0.3, 0.4) is 0 Å². The Balaban J connectivity index is 2.48. The summed E-state index contributed by atoms with van der Waals surface area (Å²) < 4.78 is 5.02. The Labute approximate surface area is 126 Å². The molecule has 5 heteroatoms. The van der Waals surface area contributed by atoms with E-state index < -0.39 is 4.83 Å². The molecule has 1 aromatic carbocycles. The average Bonchev–Trinajstić information content (AvgIpc) is 2.39. The molecule has 0 aliphatic heterocycles. The minimum absolute atomic E-state index is 0.0329. The highest BCUT2D eigenvalue weighted by atomic mass is 79.9. The SMILES string of the molecule is CCCCOC(=O)CC(Br)C(=O)c1ccc(Cl)cc1. The molecule has 0 spiro atoms. The third kappa shape index (κ3) is 5.74. The summed E-state index contributed by atoms with van der Waals surface area (Å²) in [6.45, 7) is 2.43. The number of unbranched alkanes of at least 4 members (excludes halogenated alkanes) is 1. The van der Waals surface area contributed by atoms with Gasteiger partial charge in [-0.15, -0.1) is 0 Å². The summed E-state index contributed by atoms with van der Waals surface area (Å²) in [5.74, 6) is -0.512. The van der Waals surface area contributed by atoms with E-state index in [1.807, 2.05) is 6.92 Å². The summed E-state index contributed by atoms with van der Waals surface area (Å²) >= 11 is 8.98. The van der Waals surface area contributed by atoms with Crippen LogP contribution in [0, 0.1) is 0 Å². The average molecular weight is 348 g/mol. The summed E-state index contributed by atoms with van der Waals surface area (Å²) in [6.07, 6.45) is 1.84. The van der Waals surface area contributed by atoms with Gasteiger partial charge in [0.15, 0.2) is 5.78 Å². The lowest BCUT2D eigenvalue weighted by Crippen LogP contribution is -2.20. The Morgan fingerprint density at radius 1 is 1.32 bits per heavy atom. The zero-order valence-electron chi connectivity index (χ0n) is 10.7. The van der Waals surface area contributed by atoms with Crippen molar-refractivity contribution in [1.29, 1.82) is 0 Å². The predicted octanol–water partition coefficient (Wildman–Crippen LogP) is 4.02. The van der Waals surface area contributed by atoms with Gasteiger partial charge in [0, 0.05) is 10.6 Å². The summed E-state index contributed by atoms with van der Waals surface area (Å²) in [4.78, 5) is 22.9. The third-order valence-corrected chi connectivity index (χ3v) is 3.51. The molecule has 3 nitrogen and oxygen atoms in total. The molecule has 0 aliphatic carbocycles. The van der Waals surface area contributed by atoms with Gasteiger partial charge in [0.1, 0.15) is 0 Å². The highest BCUT2D eigenvalue weighted by molar-refractivity contribution is 9.10. The van der Waals surface area contributed by atoms with E-state index >= 15 is 0 Å². The Hall–Kier alpha value is -0.870. The second kappa shape index (κ2) is 8.33. The molecule has 0 radical (unpaired) electrons. The van der Waals surface area contributed by atoms with Crippen molar-refractivity contribution < 1.29 is 14.3 Å². The van der Waals surface area contributed by atoms with Gasteiger partial charge in [-0.05, 0) is 30.7 Å². The minimum Gasteiger partial charge on any atom is -0.466 e. The fourth-order valence-corrected chi connectivity index (χ4v) is 2.08. The lowest BCUT2D eigenvalue weighted by molar-refractivity contribution is -0.143. The van der Waals surface area contributed by atoms with E-state index in [0.717, 1.165) is 12.8 Å². The van der Waals surface area contributed by atoms with Crippen LogP contribution < -0.4 is 0 Å². The van der Waals surface area contributed by atoms with Gasteiger partial charge in [-0.1, -0.05) is 40.9 Å². The van der Waals surface area contributed by atoms with E-state index in [1.165, 1.54) is 0 Å². The monoisotopic (exact) mass is 346 g/mol. The van der Waals surface area contributed by atoms with E-state index in [-0.39, 0.29) is 18.2 Å². The van der Waals surface area contributed by atoms with Crippen molar-refractivity contribution in [2.24, 2.45) is 0 Å². The molecule has 1 unspecified atom stereocenters. The Bertz CT molecular complexity index is 431. The number of ketones is 1. The second-order valence-corrected chi connectivity index (χ2v) is 5.66. The van der Waals surface area contributed by atoms with Crippen molar-refractivity contribution in [2.45, 2.75) is 31.0 Å². The van der Waals surface area contributed by atoms with Crippen molar-refractivity contribution in [3.05, 3.63) is 34.9 Å². The van der Waals surface area contributed by atoms with Crippen LogP contribution in [0.25, 0.3) is 0 Å². The topological polar surface area (TPSA) is 43.4 Å². The Morgan fingerprint density at radius 3 is 2.53 bits per heavy atom. The number of alkyl halides is 1. The standard InChI is InChI=1S/C14H16BrClO3/c1-2-3-8-19-13(17)9-12(15)14(18)10-4-6-11(16)7-5-10/h4-7,12H,2-3,8-9H2,1H3. The highest BCUT2D eigenvalue weighted by Gasteiger charge is 2.20. The van der Waals surface area contributed by atoms with Crippen LogP contribution >= 0.6 is 27.5 Å². The fraction of sp³-hybridized carbons (Fsp3) is 0.429. The smallest absolute Gasteiger partial charge is 0.307 e. The van der Waals surface area contributed by atoms with Crippen molar-refractivity contribution in [3.8, 4) is 0 Å². The molecule has 0 amide bonds. The number of hydrogen-bond acceptors (Lipinski definition) is 3. The van der Waals surface area contributed by atoms with Crippen LogP contribution in [0.2, 0.25) is 5.02 Å². The first-order valence-corrected chi connectivity index (χ1v) is 7.43. The van der Waals surface area contributed by atoms with Gasteiger partial charge in [0.2, 0.25) is 0 Å². The molecular formula is C14H16BrClO3. The molecule has 1 rings (SSSR count). The molecule has 0 saturated carbocycles. The molecule has 0 bridgehead atoms. The molecule has 0 aromatic heterocycles. The van der Waals surface area contributed by atoms with E-state index in [2.05, 4.69) is 15.9 Å². The first kappa shape index (κ1) is 16.2. The molecule has 0 heterocycles. The molecule has 0 aliphatic rings. The number of ether oxygens (including phenoxy) is 1. The number of rotatable bonds is 7. The van der Waals surface area contributed by atoms with Crippen LogP contribution in [0.15, 0.2) is 24.3 Å². The molecule has 1 aromatic rings. The van der Waals surface area contributed by atoms with Crippen LogP contribution in [0.5, 0.6) is 0 Å². The van der Waals surface area contributed by atoms with Gasteiger partial charge in [-0.25, -0.2) is 0 Å². The van der Waals surface area contributed by atoms with Gasteiger partial charge < -0.3 is 4.74 Å². The van der Waals surface area contributed by atoms with Gasteiger partial charge >= 0.3 is 5.97 Å². The maximum absolute atomic E-state index is 12.0. The lowest BCUT2D eigenvalue weighted by atomic mass is 10.1. The number of Topliss-reactive ketones (excluding diaryl/α,β-unsaturated/α-hetero) is 1. The molecule has 0 saturated heterocycles. The maximum Gasteiger partial charge on any atom is 0.307 e. The number of esters is 1. The van der Waals surface area contributed by atoms with Gasteiger partial charge in [0.25, 0.3) is 0 Å². The molecule has 0 fully saturated rings. The Kier molecular flexibility index (Phi) is 7.10. The number of halogens is 2. The molecular weight excluding hydrogens is 332 g/mol. The lowest BCUT2D eigenvalue weighted by Gasteiger charge is -2.09. The largest absolute Gasteiger partial charge is 0.466 e. The zero-order valence-corrected chi connectivity index (χ0v) is 13.0. The van der Waals surface area contributed by atoms with E-state index in [9.17, 15) is 9.59 Å². The summed E-state index contributed by atoms with van der Waals surface area (Å²) in [5, 5.41) is 0.571. The van der Waals surface area contributed by atoms with Crippen molar-refractivity contribution in [3.63, 3.8) is 0 Å². The summed E-state index contributed by atoms with van der Waals surface area (Å²) in [6, 6.07) is 6.57. The van der Waals surface area contributed by atoms with Crippen molar-refractivity contribution in [1.82, 2.24) is 0 Å². The van der Waals surface area contributed by atoms with E-state index in [0.29, 0.717) is 17.2 Å². The first-order chi connectivity index (χ1) is 9.04. The van der Waals surface area contributed by atoms with Gasteiger partial charge in [-0.2, -0.15) is 0 Å². The van der Waals surface area contributed by atoms with Crippen molar-refractivity contribution >= 4 is 39.3 Å². The normalized spacial score (nSPS) is 11.9. The molecule has 19 heavy (non-hydrogen) atoms. The van der Waals surface area contributed by atoms with Crippen LogP contribution in [0.4, 0.5) is 0 Å². The van der Waals surface area contributed by atoms with E-state index in [4.69, 9.17) is 16.3 Å². The fourth-order valence-electron chi connectivity index (χ4n) is 1.42. The third-order valence-electron chi connectivity index (χ3n) is 2.52. The summed E-state index contributed by atoms with van der Waals surface area (Å²) in [7, 11) is 0. The van der Waals surface area contributed by atoms with Crippen LogP contribution in [0.1, 0.15) is 36.5 Å². The number of hydrogen-bond donors (Lipinski definition) is 0. The predicted molar refractivity (Wildman–Crippen MR) is 79.0 cm³/mol. The maximum atomic E-state index is 12.0. The number of benzene rings is 1. The highest BCUT2D eigenvalue weighted by Crippen LogP contribution is 2.17. The number of carbonyl (C=O) groups excluding carboxylic acids is 2. The van der Waals surface area contributed by atoms with Crippen molar-refractivity contribution in [2.75, 3.05) is 6.61 Å². The van der Waals surface area contributed by atoms with Gasteiger partial charge in [0.05, 0.1) is 17.9 Å². The van der Waals surface area contributed by atoms with Crippen LogP contribution in [-0.2, 0) is 9.53 Å². The summed E-state index contributed by atoms with van der Waals surface area (Å²) in [5.41, 5.74) is 0.521. The van der Waals surface area contributed by atoms with Crippen LogP contribution in [-0.4, -0.2) is 23.2 Å². The Morgan fingerprint density at radius 2 is 1.95 bits per heavy atom. The molecule has 0 N–H and O–H groups in total. The number of carbonyl (C=O) groups is 2. The zero-order chi connectivity index (χ0) is 14.3. The molecule has 104 valence electrons. The first-order valence-electron chi connectivity index (χ1n) is 6.14. The molecule has 1 atom stereocenters. The second-order valence-electron chi connectivity index (χ2n) is 4.12. The quantitative estimate of drug-likeness (QED) is 0.324. The van der Waals surface area contributed by atoms with E-state index in [1.54, 1.807) is 24.3 Å². The minimum atomic E-state index is -0.567.